The molecule has 0 aliphatic carbocycles. The van der Waals surface area contributed by atoms with Crippen molar-refractivity contribution in [2.45, 2.75) is 11.8 Å². The van der Waals surface area contributed by atoms with Crippen LogP contribution in [-0.2, 0) is 10.0 Å². The second-order valence-corrected chi connectivity index (χ2v) is 7.12. The Morgan fingerprint density at radius 3 is 2.53 bits per heavy atom. The molecule has 19 heavy (non-hydrogen) atoms. The summed E-state index contributed by atoms with van der Waals surface area (Å²) in [5, 5.41) is 0. The van der Waals surface area contributed by atoms with Crippen LogP contribution in [0.2, 0.25) is 0 Å². The van der Waals surface area contributed by atoms with Gasteiger partial charge in [-0.1, -0.05) is 6.07 Å². The summed E-state index contributed by atoms with van der Waals surface area (Å²) < 4.78 is 28.0. The Labute approximate surface area is 126 Å². The molecule has 0 spiro atoms. The van der Waals surface area contributed by atoms with Gasteiger partial charge in [-0.05, 0) is 71.5 Å². The molecule has 0 aliphatic heterocycles. The van der Waals surface area contributed by atoms with Gasteiger partial charge in [0.15, 0.2) is 0 Å². The van der Waals surface area contributed by atoms with E-state index in [1.807, 2.05) is 6.07 Å². The minimum absolute atomic E-state index is 0.170. The zero-order valence-electron chi connectivity index (χ0n) is 10.2. The third-order valence-corrected chi connectivity index (χ3v) is 4.49. The van der Waals surface area contributed by atoms with Crippen LogP contribution in [0.25, 0.3) is 0 Å². The Kier molecular flexibility index (Phi) is 4.00. The fourth-order valence-electron chi connectivity index (χ4n) is 1.70. The van der Waals surface area contributed by atoms with Crippen molar-refractivity contribution in [3.8, 4) is 0 Å². The van der Waals surface area contributed by atoms with Crippen LogP contribution in [0.4, 0.5) is 11.4 Å². The zero-order valence-corrected chi connectivity index (χ0v) is 13.2. The van der Waals surface area contributed by atoms with Crippen LogP contribution in [-0.4, -0.2) is 8.42 Å². The number of aryl methyl sites for hydroxylation is 1. The molecule has 100 valence electrons. The summed E-state index contributed by atoms with van der Waals surface area (Å²) >= 11 is 2.13. The summed E-state index contributed by atoms with van der Waals surface area (Å²) in [4.78, 5) is 0.170. The highest BCUT2D eigenvalue weighted by molar-refractivity contribution is 14.1. The fraction of sp³-hybridized carbons (Fsp3) is 0.0769. The molecule has 0 aromatic heterocycles. The molecule has 0 aliphatic rings. The van der Waals surface area contributed by atoms with Gasteiger partial charge in [0.25, 0.3) is 10.0 Å². The molecule has 0 fully saturated rings. The number of halogens is 1. The van der Waals surface area contributed by atoms with Gasteiger partial charge in [-0.2, -0.15) is 0 Å². The van der Waals surface area contributed by atoms with E-state index in [1.54, 1.807) is 37.3 Å². The van der Waals surface area contributed by atoms with E-state index in [0.29, 0.717) is 11.4 Å². The molecule has 0 radical (unpaired) electrons. The van der Waals surface area contributed by atoms with Gasteiger partial charge < -0.3 is 5.73 Å². The number of anilines is 2. The molecule has 0 amide bonds. The van der Waals surface area contributed by atoms with Gasteiger partial charge in [-0.15, -0.1) is 0 Å². The molecule has 2 aromatic rings. The summed E-state index contributed by atoms with van der Waals surface area (Å²) in [7, 11) is -3.61. The van der Waals surface area contributed by atoms with Crippen LogP contribution in [0.1, 0.15) is 5.56 Å². The second-order valence-electron chi connectivity index (χ2n) is 4.20. The Hall–Kier alpha value is -1.28. The van der Waals surface area contributed by atoms with Crippen molar-refractivity contribution in [2.75, 3.05) is 10.5 Å². The predicted octanol–water partition coefficient (Wildman–Crippen LogP) is 2.98. The number of nitrogen functional groups attached to an aromatic ring is 1. The largest absolute Gasteiger partial charge is 0.399 e. The molecule has 0 saturated heterocycles. The lowest BCUT2D eigenvalue weighted by atomic mass is 10.2. The molecule has 0 bridgehead atoms. The van der Waals surface area contributed by atoms with Crippen molar-refractivity contribution in [1.82, 2.24) is 0 Å². The highest BCUT2D eigenvalue weighted by atomic mass is 127. The monoisotopic (exact) mass is 388 g/mol. The summed E-state index contributed by atoms with van der Waals surface area (Å²) in [6.07, 6.45) is 0. The SMILES string of the molecule is Cc1cc(N)cc(S(=O)(=O)Nc2cccc(I)c2)c1. The van der Waals surface area contributed by atoms with Gasteiger partial charge in [0.1, 0.15) is 0 Å². The first kappa shape index (κ1) is 14.1. The molecule has 3 N–H and O–H groups in total. The van der Waals surface area contributed by atoms with E-state index < -0.39 is 10.0 Å². The van der Waals surface area contributed by atoms with Crippen molar-refractivity contribution in [1.29, 1.82) is 0 Å². The van der Waals surface area contributed by atoms with Crippen molar-refractivity contribution in [2.24, 2.45) is 0 Å². The standard InChI is InChI=1S/C13H13IN2O2S/c1-9-5-11(15)8-13(6-9)19(17,18)16-12-4-2-3-10(14)7-12/h2-8,16H,15H2,1H3. The topological polar surface area (TPSA) is 72.2 Å². The van der Waals surface area contributed by atoms with Gasteiger partial charge in [-0.3, -0.25) is 4.72 Å². The van der Waals surface area contributed by atoms with Crippen LogP contribution in [0.3, 0.4) is 0 Å². The molecule has 0 saturated carbocycles. The lowest BCUT2D eigenvalue weighted by Crippen LogP contribution is -2.13. The first-order chi connectivity index (χ1) is 8.87. The Balaban J connectivity index is 2.37. The first-order valence-corrected chi connectivity index (χ1v) is 8.08. The van der Waals surface area contributed by atoms with Crippen molar-refractivity contribution >= 4 is 44.0 Å². The molecule has 0 heterocycles. The normalized spacial score (nSPS) is 11.3. The van der Waals surface area contributed by atoms with Gasteiger partial charge in [0.2, 0.25) is 0 Å². The number of benzene rings is 2. The predicted molar refractivity (Wildman–Crippen MR) is 85.6 cm³/mol. The Morgan fingerprint density at radius 1 is 1.16 bits per heavy atom. The minimum atomic E-state index is -3.61. The molecule has 2 aromatic carbocycles. The van der Waals surface area contributed by atoms with E-state index in [4.69, 9.17) is 5.73 Å². The molecule has 0 unspecified atom stereocenters. The second kappa shape index (κ2) is 5.38. The summed E-state index contributed by atoms with van der Waals surface area (Å²) in [5.74, 6) is 0. The van der Waals surface area contributed by atoms with E-state index in [9.17, 15) is 8.42 Å². The molecular formula is C13H13IN2O2S. The third-order valence-electron chi connectivity index (χ3n) is 2.46. The van der Waals surface area contributed by atoms with Crippen molar-refractivity contribution in [3.63, 3.8) is 0 Å². The van der Waals surface area contributed by atoms with Crippen LogP contribution < -0.4 is 10.5 Å². The van der Waals surface area contributed by atoms with Gasteiger partial charge in [0.05, 0.1) is 4.90 Å². The fourth-order valence-corrected chi connectivity index (χ4v) is 3.43. The van der Waals surface area contributed by atoms with Gasteiger partial charge in [0, 0.05) is 14.9 Å². The maximum atomic E-state index is 12.2. The third kappa shape index (κ3) is 3.60. The molecule has 0 atom stereocenters. The average Bonchev–Trinajstić information content (AvgIpc) is 2.26. The number of hydrogen-bond acceptors (Lipinski definition) is 3. The number of nitrogens with two attached hydrogens (primary N) is 1. The van der Waals surface area contributed by atoms with Gasteiger partial charge in [-0.25, -0.2) is 8.42 Å². The van der Waals surface area contributed by atoms with Gasteiger partial charge >= 0.3 is 0 Å². The first-order valence-electron chi connectivity index (χ1n) is 5.52. The summed E-state index contributed by atoms with van der Waals surface area (Å²) in [6.45, 7) is 1.81. The quantitative estimate of drug-likeness (QED) is 0.627. The maximum Gasteiger partial charge on any atom is 0.261 e. The number of rotatable bonds is 3. The lowest BCUT2D eigenvalue weighted by Gasteiger charge is -2.09. The molecule has 2 rings (SSSR count). The molecule has 6 heteroatoms. The van der Waals surface area contributed by atoms with E-state index in [-0.39, 0.29) is 4.90 Å². The smallest absolute Gasteiger partial charge is 0.261 e. The molecular weight excluding hydrogens is 375 g/mol. The minimum Gasteiger partial charge on any atom is -0.399 e. The van der Waals surface area contributed by atoms with Crippen LogP contribution >= 0.6 is 22.6 Å². The Morgan fingerprint density at radius 2 is 1.89 bits per heavy atom. The molecule has 4 nitrogen and oxygen atoms in total. The zero-order chi connectivity index (χ0) is 14.0. The van der Waals surface area contributed by atoms with E-state index in [0.717, 1.165) is 9.13 Å². The number of hydrogen-bond donors (Lipinski definition) is 2. The van der Waals surface area contributed by atoms with Crippen LogP contribution in [0, 0.1) is 10.5 Å². The van der Waals surface area contributed by atoms with E-state index in [2.05, 4.69) is 27.3 Å². The highest BCUT2D eigenvalue weighted by Crippen LogP contribution is 2.20. The maximum absolute atomic E-state index is 12.2. The number of sulfonamides is 1. The summed E-state index contributed by atoms with van der Waals surface area (Å²) in [5.41, 5.74) is 7.46. The van der Waals surface area contributed by atoms with E-state index in [1.165, 1.54) is 6.07 Å². The highest BCUT2D eigenvalue weighted by Gasteiger charge is 2.15. The van der Waals surface area contributed by atoms with E-state index >= 15 is 0 Å². The lowest BCUT2D eigenvalue weighted by molar-refractivity contribution is 0.601. The average molecular weight is 388 g/mol. The van der Waals surface area contributed by atoms with Crippen molar-refractivity contribution in [3.05, 3.63) is 51.6 Å². The summed E-state index contributed by atoms with van der Waals surface area (Å²) in [6, 6.07) is 11.9. The van der Waals surface area contributed by atoms with Crippen LogP contribution in [0.5, 0.6) is 0 Å². The number of nitrogens with one attached hydrogen (secondary N) is 1. The Bertz CT molecular complexity index is 694. The van der Waals surface area contributed by atoms with Crippen molar-refractivity contribution < 1.29 is 8.42 Å². The van der Waals surface area contributed by atoms with Crippen LogP contribution in [0.15, 0.2) is 47.4 Å².